The Bertz CT molecular complexity index is 181. The van der Waals surface area contributed by atoms with Crippen LogP contribution in [0.15, 0.2) is 0 Å². The molecule has 0 heterocycles. The topological polar surface area (TPSA) is 49.3 Å². The van der Waals surface area contributed by atoms with Crippen molar-refractivity contribution in [3.05, 3.63) is 0 Å². The summed E-state index contributed by atoms with van der Waals surface area (Å²) < 4.78 is 11.0. The largest absolute Gasteiger partial charge is 0.395 e. The van der Waals surface area contributed by atoms with Crippen molar-refractivity contribution in [3.63, 3.8) is 0 Å². The molecule has 0 aliphatic heterocycles. The minimum absolute atomic E-state index is 0.0175. The van der Waals surface area contributed by atoms with Gasteiger partial charge >= 0.3 is 0 Å². The van der Waals surface area contributed by atoms with Gasteiger partial charge in [0.1, 0.15) is 0 Å². The summed E-state index contributed by atoms with van der Waals surface area (Å²) in [6.07, 6.45) is 7.99. The highest BCUT2D eigenvalue weighted by molar-refractivity contribution is 7.84. The number of hydrogen-bond donors (Lipinski definition) is 2. The van der Waals surface area contributed by atoms with Crippen LogP contribution in [-0.2, 0) is 10.8 Å². The minimum atomic E-state index is -0.822. The van der Waals surface area contributed by atoms with Crippen LogP contribution in [0, 0.1) is 0 Å². The second-order valence-electron chi connectivity index (χ2n) is 4.12. The van der Waals surface area contributed by atoms with Crippen molar-refractivity contribution < 1.29 is 9.32 Å². The zero-order valence-electron chi connectivity index (χ0n) is 8.87. The highest BCUT2D eigenvalue weighted by Crippen LogP contribution is 2.17. The molecule has 2 atom stereocenters. The summed E-state index contributed by atoms with van der Waals surface area (Å²) >= 11 is 0. The molecule has 0 aromatic heterocycles. The summed E-state index contributed by atoms with van der Waals surface area (Å²) in [6, 6.07) is 0.549. The monoisotopic (exact) mass is 219 g/mol. The molecule has 0 amide bonds. The Morgan fingerprint density at radius 3 is 2.57 bits per heavy atom. The Balaban J connectivity index is 2.27. The number of rotatable bonds is 5. The van der Waals surface area contributed by atoms with Gasteiger partial charge in [-0.2, -0.15) is 0 Å². The van der Waals surface area contributed by atoms with E-state index in [0.29, 0.717) is 11.8 Å². The Hall–Kier alpha value is 0.0700. The van der Waals surface area contributed by atoms with Crippen molar-refractivity contribution in [3.8, 4) is 0 Å². The first-order chi connectivity index (χ1) is 6.72. The summed E-state index contributed by atoms with van der Waals surface area (Å²) in [7, 11) is -0.822. The maximum Gasteiger partial charge on any atom is 0.0593 e. The maximum atomic E-state index is 11.0. The van der Waals surface area contributed by atoms with Crippen LogP contribution in [0.3, 0.4) is 0 Å². The first kappa shape index (κ1) is 12.1. The fraction of sp³-hybridized carbons (Fsp3) is 1.00. The van der Waals surface area contributed by atoms with Gasteiger partial charge in [0.15, 0.2) is 0 Å². The predicted octanol–water partition coefficient (Wildman–Crippen LogP) is 0.648. The molecule has 1 fully saturated rings. The second kappa shape index (κ2) is 6.53. The third kappa shape index (κ3) is 4.53. The van der Waals surface area contributed by atoms with Gasteiger partial charge in [-0.05, 0) is 12.8 Å². The van der Waals surface area contributed by atoms with Gasteiger partial charge < -0.3 is 10.4 Å². The quantitative estimate of drug-likeness (QED) is 0.714. The summed E-state index contributed by atoms with van der Waals surface area (Å²) in [6.45, 7) is 0.0933. The molecule has 4 heteroatoms. The molecular formula is C10H21NO2S. The van der Waals surface area contributed by atoms with Gasteiger partial charge in [-0.25, -0.2) is 0 Å². The Labute approximate surface area is 88.7 Å². The molecule has 1 aliphatic carbocycles. The van der Waals surface area contributed by atoms with Crippen LogP contribution in [0.1, 0.15) is 32.1 Å². The van der Waals surface area contributed by atoms with Crippen molar-refractivity contribution in [2.75, 3.05) is 18.6 Å². The van der Waals surface area contributed by atoms with Gasteiger partial charge in [0.25, 0.3) is 0 Å². The number of nitrogens with one attached hydrogen (secondary N) is 1. The van der Waals surface area contributed by atoms with Crippen LogP contribution < -0.4 is 5.32 Å². The van der Waals surface area contributed by atoms with E-state index in [1.54, 1.807) is 6.26 Å². The fourth-order valence-corrected chi connectivity index (χ4v) is 2.81. The zero-order chi connectivity index (χ0) is 10.4. The van der Waals surface area contributed by atoms with Crippen LogP contribution in [0.5, 0.6) is 0 Å². The van der Waals surface area contributed by atoms with Crippen molar-refractivity contribution in [2.45, 2.75) is 44.2 Å². The van der Waals surface area contributed by atoms with Gasteiger partial charge in [0.05, 0.1) is 6.61 Å². The van der Waals surface area contributed by atoms with Gasteiger partial charge in [0, 0.05) is 34.9 Å². The predicted molar refractivity (Wildman–Crippen MR) is 59.8 cm³/mol. The van der Waals surface area contributed by atoms with Crippen molar-refractivity contribution in [1.82, 2.24) is 5.32 Å². The summed E-state index contributed by atoms with van der Waals surface area (Å²) in [5.74, 6) is 0.562. The second-order valence-corrected chi connectivity index (χ2v) is 5.60. The first-order valence-corrected chi connectivity index (χ1v) is 7.12. The van der Waals surface area contributed by atoms with E-state index in [4.69, 9.17) is 5.11 Å². The van der Waals surface area contributed by atoms with E-state index < -0.39 is 10.8 Å². The summed E-state index contributed by atoms with van der Waals surface area (Å²) in [5.41, 5.74) is 0. The average Bonchev–Trinajstić information content (AvgIpc) is 2.17. The van der Waals surface area contributed by atoms with Crippen molar-refractivity contribution in [2.24, 2.45) is 0 Å². The minimum Gasteiger partial charge on any atom is -0.395 e. The molecule has 0 bridgehead atoms. The van der Waals surface area contributed by atoms with Crippen molar-refractivity contribution in [1.29, 1.82) is 0 Å². The lowest BCUT2D eigenvalue weighted by Crippen LogP contribution is -2.44. The van der Waals surface area contributed by atoms with E-state index in [0.717, 1.165) is 0 Å². The number of aliphatic hydroxyl groups excluding tert-OH is 1. The van der Waals surface area contributed by atoms with Crippen LogP contribution in [0.2, 0.25) is 0 Å². The zero-order valence-corrected chi connectivity index (χ0v) is 9.68. The van der Waals surface area contributed by atoms with Crippen LogP contribution in [0.25, 0.3) is 0 Å². The molecule has 14 heavy (non-hydrogen) atoms. The van der Waals surface area contributed by atoms with Crippen LogP contribution in [-0.4, -0.2) is 40.0 Å². The Kier molecular flexibility index (Phi) is 5.67. The summed E-state index contributed by atoms with van der Waals surface area (Å²) in [5, 5.41) is 12.5. The normalized spacial score (nSPS) is 23.3. The highest BCUT2D eigenvalue weighted by Gasteiger charge is 2.17. The molecule has 1 rings (SSSR count). The van der Waals surface area contributed by atoms with E-state index >= 15 is 0 Å². The molecule has 3 nitrogen and oxygen atoms in total. The Morgan fingerprint density at radius 1 is 1.43 bits per heavy atom. The van der Waals surface area contributed by atoms with Gasteiger partial charge in [0.2, 0.25) is 0 Å². The smallest absolute Gasteiger partial charge is 0.0593 e. The van der Waals surface area contributed by atoms with Gasteiger partial charge in [-0.15, -0.1) is 0 Å². The lowest BCUT2D eigenvalue weighted by atomic mass is 9.95. The highest BCUT2D eigenvalue weighted by atomic mass is 32.2. The first-order valence-electron chi connectivity index (χ1n) is 5.39. The van der Waals surface area contributed by atoms with Crippen molar-refractivity contribution >= 4 is 10.8 Å². The summed E-state index contributed by atoms with van der Waals surface area (Å²) in [4.78, 5) is 0. The molecule has 0 spiro atoms. The van der Waals surface area contributed by atoms with Gasteiger partial charge in [-0.1, -0.05) is 19.3 Å². The standard InChI is InChI=1S/C10H21NO2S/c1-14(13)8-10(7-12)11-9-5-3-2-4-6-9/h9-12H,2-8H2,1H3/t10-,14+/m1/s1. The number of aliphatic hydroxyl groups is 1. The molecule has 0 saturated heterocycles. The van der Waals surface area contributed by atoms with E-state index in [-0.39, 0.29) is 12.6 Å². The average molecular weight is 219 g/mol. The van der Waals surface area contributed by atoms with E-state index in [2.05, 4.69) is 5.32 Å². The molecule has 2 N–H and O–H groups in total. The molecule has 1 saturated carbocycles. The molecule has 1 aliphatic rings. The van der Waals surface area contributed by atoms with Crippen LogP contribution in [0.4, 0.5) is 0 Å². The third-order valence-corrected chi connectivity index (χ3v) is 3.60. The van der Waals surface area contributed by atoms with E-state index in [9.17, 15) is 4.21 Å². The maximum absolute atomic E-state index is 11.0. The van der Waals surface area contributed by atoms with Gasteiger partial charge in [-0.3, -0.25) is 4.21 Å². The third-order valence-electron chi connectivity index (χ3n) is 2.73. The number of hydrogen-bond acceptors (Lipinski definition) is 3. The molecule has 84 valence electrons. The molecule has 0 aromatic rings. The van der Waals surface area contributed by atoms with E-state index in [1.165, 1.54) is 32.1 Å². The fourth-order valence-electron chi connectivity index (χ4n) is 2.04. The molecule has 0 unspecified atom stereocenters. The van der Waals surface area contributed by atoms with Crippen LogP contribution >= 0.6 is 0 Å². The Morgan fingerprint density at radius 2 is 2.07 bits per heavy atom. The SMILES string of the molecule is C[S@](=O)C[C@@H](CO)NC1CCCCC1. The van der Waals surface area contributed by atoms with E-state index in [1.807, 2.05) is 0 Å². The molecule has 0 aromatic carbocycles. The lowest BCUT2D eigenvalue weighted by molar-refractivity contribution is 0.230. The molecule has 0 radical (unpaired) electrons. The molecular weight excluding hydrogens is 198 g/mol. The lowest BCUT2D eigenvalue weighted by Gasteiger charge is -2.27.